The Kier molecular flexibility index (Phi) is 5.38. The molecule has 0 atom stereocenters. The summed E-state index contributed by atoms with van der Waals surface area (Å²) in [6.45, 7) is -0.206. The zero-order chi connectivity index (χ0) is 15.9. The lowest BCUT2D eigenvalue weighted by atomic mass is 10.1. The van der Waals surface area contributed by atoms with Crippen molar-refractivity contribution in [3.05, 3.63) is 59.1 Å². The van der Waals surface area contributed by atoms with Gasteiger partial charge in [-0.3, -0.25) is 9.59 Å². The SMILES string of the molecule is NC(=O)COc1cccc(NC(=O)Cc2ccc(Cl)cc2)c1. The molecule has 2 aromatic carbocycles. The van der Waals surface area contributed by atoms with Crippen molar-refractivity contribution in [3.63, 3.8) is 0 Å². The van der Waals surface area contributed by atoms with Crippen LogP contribution >= 0.6 is 11.6 Å². The molecule has 0 saturated heterocycles. The molecule has 0 spiro atoms. The predicted molar refractivity (Wildman–Crippen MR) is 84.9 cm³/mol. The van der Waals surface area contributed by atoms with Crippen molar-refractivity contribution in [2.45, 2.75) is 6.42 Å². The third-order valence-corrected chi connectivity index (χ3v) is 3.03. The molecular weight excluding hydrogens is 304 g/mol. The van der Waals surface area contributed by atoms with E-state index in [0.717, 1.165) is 5.56 Å². The van der Waals surface area contributed by atoms with Crippen LogP contribution in [0, 0.1) is 0 Å². The van der Waals surface area contributed by atoms with Crippen LogP contribution in [0.25, 0.3) is 0 Å². The molecule has 22 heavy (non-hydrogen) atoms. The topological polar surface area (TPSA) is 81.4 Å². The molecular formula is C16H15ClN2O3. The molecule has 0 fully saturated rings. The number of amides is 2. The van der Waals surface area contributed by atoms with E-state index < -0.39 is 5.91 Å². The van der Waals surface area contributed by atoms with Crippen molar-refractivity contribution in [2.75, 3.05) is 11.9 Å². The Hall–Kier alpha value is -2.53. The Labute approximate surface area is 133 Å². The van der Waals surface area contributed by atoms with Crippen LogP contribution in [0.5, 0.6) is 5.75 Å². The Morgan fingerprint density at radius 3 is 2.55 bits per heavy atom. The summed E-state index contributed by atoms with van der Waals surface area (Å²) < 4.78 is 5.18. The van der Waals surface area contributed by atoms with E-state index in [0.29, 0.717) is 16.5 Å². The normalized spacial score (nSPS) is 10.0. The van der Waals surface area contributed by atoms with Crippen LogP contribution in [0.4, 0.5) is 5.69 Å². The van der Waals surface area contributed by atoms with Gasteiger partial charge in [0.25, 0.3) is 5.91 Å². The number of ether oxygens (including phenoxy) is 1. The summed E-state index contributed by atoms with van der Waals surface area (Å²) in [5, 5.41) is 3.39. The van der Waals surface area contributed by atoms with Crippen LogP contribution in [0.2, 0.25) is 5.02 Å². The average Bonchev–Trinajstić information content (AvgIpc) is 2.48. The fraction of sp³-hybridized carbons (Fsp3) is 0.125. The van der Waals surface area contributed by atoms with Gasteiger partial charge in [-0.1, -0.05) is 29.8 Å². The molecule has 6 heteroatoms. The maximum Gasteiger partial charge on any atom is 0.255 e. The van der Waals surface area contributed by atoms with Crippen molar-refractivity contribution < 1.29 is 14.3 Å². The van der Waals surface area contributed by atoms with Crippen molar-refractivity contribution in [2.24, 2.45) is 5.73 Å². The number of rotatable bonds is 6. The molecule has 0 bridgehead atoms. The van der Waals surface area contributed by atoms with Gasteiger partial charge in [0.2, 0.25) is 5.91 Å². The molecule has 2 aromatic rings. The van der Waals surface area contributed by atoms with Gasteiger partial charge in [-0.25, -0.2) is 0 Å². The largest absolute Gasteiger partial charge is 0.484 e. The van der Waals surface area contributed by atoms with Gasteiger partial charge in [-0.2, -0.15) is 0 Å². The Morgan fingerprint density at radius 1 is 1.14 bits per heavy atom. The smallest absolute Gasteiger partial charge is 0.255 e. The average molecular weight is 319 g/mol. The minimum Gasteiger partial charge on any atom is -0.484 e. The molecule has 0 radical (unpaired) electrons. The number of halogens is 1. The molecule has 3 N–H and O–H groups in total. The maximum atomic E-state index is 12.0. The van der Waals surface area contributed by atoms with Crippen molar-refractivity contribution in [3.8, 4) is 5.75 Å². The molecule has 5 nitrogen and oxygen atoms in total. The predicted octanol–water partition coefficient (Wildman–Crippen LogP) is 2.39. The highest BCUT2D eigenvalue weighted by molar-refractivity contribution is 6.30. The summed E-state index contributed by atoms with van der Waals surface area (Å²) in [5.74, 6) is -0.255. The van der Waals surface area contributed by atoms with E-state index in [9.17, 15) is 9.59 Å². The number of nitrogens with one attached hydrogen (secondary N) is 1. The first-order valence-corrected chi connectivity index (χ1v) is 6.96. The van der Waals surface area contributed by atoms with E-state index in [1.54, 1.807) is 48.5 Å². The first-order chi connectivity index (χ1) is 10.5. The van der Waals surface area contributed by atoms with Crippen LogP contribution in [0.15, 0.2) is 48.5 Å². The highest BCUT2D eigenvalue weighted by Gasteiger charge is 2.05. The Balaban J connectivity index is 1.94. The van der Waals surface area contributed by atoms with Crippen LogP contribution in [-0.2, 0) is 16.0 Å². The first kappa shape index (κ1) is 15.9. The summed E-state index contributed by atoms with van der Waals surface area (Å²) in [5.41, 5.74) is 6.46. The second kappa shape index (κ2) is 7.47. The van der Waals surface area contributed by atoms with Gasteiger partial charge in [-0.05, 0) is 29.8 Å². The molecule has 0 aliphatic carbocycles. The van der Waals surface area contributed by atoms with Gasteiger partial charge in [-0.15, -0.1) is 0 Å². The van der Waals surface area contributed by atoms with Gasteiger partial charge in [0.1, 0.15) is 5.75 Å². The van der Waals surface area contributed by atoms with Gasteiger partial charge in [0.05, 0.1) is 6.42 Å². The molecule has 0 aliphatic rings. The van der Waals surface area contributed by atoms with E-state index >= 15 is 0 Å². The number of hydrogen-bond acceptors (Lipinski definition) is 3. The fourth-order valence-electron chi connectivity index (χ4n) is 1.81. The zero-order valence-electron chi connectivity index (χ0n) is 11.7. The van der Waals surface area contributed by atoms with Crippen molar-refractivity contribution in [1.82, 2.24) is 0 Å². The number of nitrogens with two attached hydrogens (primary N) is 1. The molecule has 0 saturated carbocycles. The highest BCUT2D eigenvalue weighted by atomic mass is 35.5. The van der Waals surface area contributed by atoms with E-state index in [1.807, 2.05) is 0 Å². The van der Waals surface area contributed by atoms with E-state index in [4.69, 9.17) is 22.1 Å². The van der Waals surface area contributed by atoms with Crippen LogP contribution in [0.3, 0.4) is 0 Å². The summed E-state index contributed by atoms with van der Waals surface area (Å²) >= 11 is 5.80. The molecule has 2 rings (SSSR count). The molecule has 0 aromatic heterocycles. The number of carbonyl (C=O) groups is 2. The minimum absolute atomic E-state index is 0.158. The van der Waals surface area contributed by atoms with Crippen LogP contribution < -0.4 is 15.8 Å². The fourth-order valence-corrected chi connectivity index (χ4v) is 1.94. The number of hydrogen-bond donors (Lipinski definition) is 2. The summed E-state index contributed by atoms with van der Waals surface area (Å²) in [6.07, 6.45) is 0.240. The first-order valence-electron chi connectivity index (χ1n) is 6.58. The number of carbonyl (C=O) groups excluding carboxylic acids is 2. The quantitative estimate of drug-likeness (QED) is 0.858. The number of benzene rings is 2. The van der Waals surface area contributed by atoms with Crippen LogP contribution in [-0.4, -0.2) is 18.4 Å². The summed E-state index contributed by atoms with van der Waals surface area (Å²) in [4.78, 5) is 22.7. The maximum absolute atomic E-state index is 12.0. The van der Waals surface area contributed by atoms with E-state index in [-0.39, 0.29) is 18.9 Å². The second-order valence-corrected chi connectivity index (χ2v) is 5.07. The number of anilines is 1. The summed E-state index contributed by atoms with van der Waals surface area (Å²) in [6, 6.07) is 13.8. The van der Waals surface area contributed by atoms with Gasteiger partial charge >= 0.3 is 0 Å². The highest BCUT2D eigenvalue weighted by Crippen LogP contribution is 2.18. The standard InChI is InChI=1S/C16H15ClN2O3/c17-12-6-4-11(5-7-12)8-16(21)19-13-2-1-3-14(9-13)22-10-15(18)20/h1-7,9H,8,10H2,(H2,18,20)(H,19,21). The third-order valence-electron chi connectivity index (χ3n) is 2.78. The lowest BCUT2D eigenvalue weighted by Crippen LogP contribution is -2.20. The van der Waals surface area contributed by atoms with Crippen molar-refractivity contribution in [1.29, 1.82) is 0 Å². The Bertz CT molecular complexity index is 671. The van der Waals surface area contributed by atoms with E-state index in [2.05, 4.69) is 5.32 Å². The molecule has 2 amide bonds. The van der Waals surface area contributed by atoms with Gasteiger partial charge in [0.15, 0.2) is 6.61 Å². The lowest BCUT2D eigenvalue weighted by molar-refractivity contribution is -0.120. The second-order valence-electron chi connectivity index (χ2n) is 4.63. The van der Waals surface area contributed by atoms with Gasteiger partial charge < -0.3 is 15.8 Å². The molecule has 114 valence electrons. The minimum atomic E-state index is -0.558. The lowest BCUT2D eigenvalue weighted by Gasteiger charge is -2.08. The van der Waals surface area contributed by atoms with Crippen LogP contribution in [0.1, 0.15) is 5.56 Å². The Morgan fingerprint density at radius 2 is 1.86 bits per heavy atom. The zero-order valence-corrected chi connectivity index (χ0v) is 12.5. The third kappa shape index (κ3) is 5.10. The molecule has 0 heterocycles. The molecule has 0 aliphatic heterocycles. The monoisotopic (exact) mass is 318 g/mol. The van der Waals surface area contributed by atoms with E-state index in [1.165, 1.54) is 0 Å². The van der Waals surface area contributed by atoms with Gasteiger partial charge in [0, 0.05) is 16.8 Å². The summed E-state index contributed by atoms with van der Waals surface area (Å²) in [7, 11) is 0. The molecule has 0 unspecified atom stereocenters. The van der Waals surface area contributed by atoms with Crippen molar-refractivity contribution >= 4 is 29.1 Å². The number of primary amides is 1.